The van der Waals surface area contributed by atoms with Crippen molar-refractivity contribution >= 4 is 11.9 Å². The quantitative estimate of drug-likeness (QED) is 0.840. The highest BCUT2D eigenvalue weighted by Crippen LogP contribution is 2.24. The van der Waals surface area contributed by atoms with Crippen LogP contribution in [0, 0.1) is 0 Å². The standard InChI is InChI=1S/C18H31N3O3/c1-18(2)13-20(11-12-24-18)16(22)15-9-6-10-21(15)17(23)19-14-7-4-3-5-8-14/h14-15H,3-13H2,1-2H3,(H,19,23)/t15-/m1/s1. The molecule has 1 N–H and O–H groups in total. The number of nitrogens with zero attached hydrogens (tertiary/aromatic N) is 2. The minimum absolute atomic E-state index is 0.0507. The first-order chi connectivity index (χ1) is 11.5. The fraction of sp³-hybridized carbons (Fsp3) is 0.889. The van der Waals surface area contributed by atoms with Gasteiger partial charge in [0.05, 0.1) is 12.2 Å². The number of nitrogens with one attached hydrogen (secondary N) is 1. The van der Waals surface area contributed by atoms with Crippen molar-refractivity contribution in [2.24, 2.45) is 0 Å². The normalized spacial score (nSPS) is 28.0. The number of urea groups is 1. The van der Waals surface area contributed by atoms with E-state index in [-0.39, 0.29) is 29.6 Å². The van der Waals surface area contributed by atoms with E-state index in [1.165, 1.54) is 19.3 Å². The largest absolute Gasteiger partial charge is 0.372 e. The molecule has 3 rings (SSSR count). The first-order valence-corrected chi connectivity index (χ1v) is 9.46. The smallest absolute Gasteiger partial charge is 0.318 e. The van der Waals surface area contributed by atoms with E-state index in [9.17, 15) is 9.59 Å². The van der Waals surface area contributed by atoms with E-state index < -0.39 is 0 Å². The first-order valence-electron chi connectivity index (χ1n) is 9.46. The van der Waals surface area contributed by atoms with Gasteiger partial charge >= 0.3 is 6.03 Å². The summed E-state index contributed by atoms with van der Waals surface area (Å²) in [6.07, 6.45) is 7.46. The molecule has 0 aromatic carbocycles. The van der Waals surface area contributed by atoms with E-state index in [1.54, 1.807) is 4.90 Å². The lowest BCUT2D eigenvalue weighted by Gasteiger charge is -2.40. The highest BCUT2D eigenvalue weighted by molar-refractivity contribution is 5.88. The third-order valence-corrected chi connectivity index (χ3v) is 5.47. The zero-order valence-corrected chi connectivity index (χ0v) is 15.1. The Labute approximate surface area is 144 Å². The van der Waals surface area contributed by atoms with Crippen LogP contribution in [-0.4, -0.2) is 65.7 Å². The maximum atomic E-state index is 12.9. The predicted molar refractivity (Wildman–Crippen MR) is 91.7 cm³/mol. The molecule has 2 heterocycles. The molecule has 2 saturated heterocycles. The summed E-state index contributed by atoms with van der Waals surface area (Å²) >= 11 is 0. The van der Waals surface area contributed by atoms with Crippen LogP contribution in [0.3, 0.4) is 0 Å². The van der Waals surface area contributed by atoms with Crippen molar-refractivity contribution in [2.75, 3.05) is 26.2 Å². The molecule has 6 nitrogen and oxygen atoms in total. The van der Waals surface area contributed by atoms with E-state index in [2.05, 4.69) is 5.32 Å². The molecule has 0 aromatic heterocycles. The molecule has 136 valence electrons. The van der Waals surface area contributed by atoms with Crippen molar-refractivity contribution in [3.05, 3.63) is 0 Å². The fourth-order valence-corrected chi connectivity index (χ4v) is 4.19. The highest BCUT2D eigenvalue weighted by atomic mass is 16.5. The van der Waals surface area contributed by atoms with Crippen molar-refractivity contribution in [2.45, 2.75) is 76.5 Å². The van der Waals surface area contributed by atoms with E-state index >= 15 is 0 Å². The summed E-state index contributed by atoms with van der Waals surface area (Å²) in [7, 11) is 0. The number of carbonyl (C=O) groups excluding carboxylic acids is 2. The number of morpholine rings is 1. The van der Waals surface area contributed by atoms with Gasteiger partial charge in [0.25, 0.3) is 0 Å². The molecule has 24 heavy (non-hydrogen) atoms. The fourth-order valence-electron chi connectivity index (χ4n) is 4.19. The Morgan fingerprint density at radius 1 is 1.04 bits per heavy atom. The van der Waals surface area contributed by atoms with Gasteiger partial charge in [0.2, 0.25) is 5.91 Å². The Balaban J connectivity index is 1.59. The lowest BCUT2D eigenvalue weighted by molar-refractivity contribution is -0.149. The van der Waals surface area contributed by atoms with Gasteiger partial charge in [0, 0.05) is 25.7 Å². The van der Waals surface area contributed by atoms with Crippen LogP contribution in [0.25, 0.3) is 0 Å². The molecule has 0 bridgehead atoms. The van der Waals surface area contributed by atoms with Crippen molar-refractivity contribution in [3.8, 4) is 0 Å². The van der Waals surface area contributed by atoms with Gasteiger partial charge in [0.1, 0.15) is 6.04 Å². The van der Waals surface area contributed by atoms with Crippen LogP contribution >= 0.6 is 0 Å². The zero-order valence-electron chi connectivity index (χ0n) is 15.1. The molecule has 6 heteroatoms. The second kappa shape index (κ2) is 7.30. The topological polar surface area (TPSA) is 61.9 Å². The summed E-state index contributed by atoms with van der Waals surface area (Å²) in [5.74, 6) is 0.0858. The lowest BCUT2D eigenvalue weighted by atomic mass is 9.96. The van der Waals surface area contributed by atoms with E-state index in [0.29, 0.717) is 26.2 Å². The number of carbonyl (C=O) groups is 2. The second-order valence-electron chi connectivity index (χ2n) is 8.00. The number of rotatable bonds is 2. The molecule has 1 saturated carbocycles. The minimum atomic E-state index is -0.304. The molecule has 1 atom stereocenters. The molecule has 3 aliphatic rings. The van der Waals surface area contributed by atoms with Gasteiger partial charge in [-0.2, -0.15) is 0 Å². The van der Waals surface area contributed by atoms with Crippen molar-refractivity contribution < 1.29 is 14.3 Å². The van der Waals surface area contributed by atoms with Gasteiger partial charge in [0.15, 0.2) is 0 Å². The SMILES string of the molecule is CC1(C)CN(C(=O)[C@H]2CCCN2C(=O)NC2CCCCC2)CCO1. The Kier molecular flexibility index (Phi) is 5.33. The van der Waals surface area contributed by atoms with Gasteiger partial charge in [-0.05, 0) is 39.5 Å². The first kappa shape index (κ1) is 17.5. The molecular weight excluding hydrogens is 306 g/mol. The summed E-state index contributed by atoms with van der Waals surface area (Å²) in [4.78, 5) is 29.2. The van der Waals surface area contributed by atoms with Crippen LogP contribution in [0.15, 0.2) is 0 Å². The van der Waals surface area contributed by atoms with Crippen LogP contribution in [0.4, 0.5) is 4.79 Å². The summed E-state index contributed by atoms with van der Waals surface area (Å²) in [5.41, 5.74) is -0.304. The third kappa shape index (κ3) is 4.02. The van der Waals surface area contributed by atoms with E-state index in [1.807, 2.05) is 18.7 Å². The van der Waals surface area contributed by atoms with Crippen molar-refractivity contribution in [1.82, 2.24) is 15.1 Å². The summed E-state index contributed by atoms with van der Waals surface area (Å²) in [5, 5.41) is 3.16. The number of amides is 3. The van der Waals surface area contributed by atoms with E-state index in [0.717, 1.165) is 25.7 Å². The van der Waals surface area contributed by atoms with Crippen molar-refractivity contribution in [1.29, 1.82) is 0 Å². The monoisotopic (exact) mass is 337 g/mol. The van der Waals surface area contributed by atoms with Crippen LogP contribution in [0.2, 0.25) is 0 Å². The molecule has 0 aromatic rings. The Morgan fingerprint density at radius 3 is 2.50 bits per heavy atom. The van der Waals surface area contributed by atoms with Crippen LogP contribution in [0.1, 0.15) is 58.8 Å². The third-order valence-electron chi connectivity index (χ3n) is 5.47. The minimum Gasteiger partial charge on any atom is -0.372 e. The van der Waals surface area contributed by atoms with Crippen LogP contribution < -0.4 is 5.32 Å². The van der Waals surface area contributed by atoms with Crippen LogP contribution in [-0.2, 0) is 9.53 Å². The average Bonchev–Trinajstić information content (AvgIpc) is 3.04. The molecule has 0 radical (unpaired) electrons. The molecule has 1 aliphatic carbocycles. The maximum absolute atomic E-state index is 12.9. The average molecular weight is 337 g/mol. The predicted octanol–water partition coefficient (Wildman–Crippen LogP) is 2.13. The number of hydrogen-bond donors (Lipinski definition) is 1. The van der Waals surface area contributed by atoms with Gasteiger partial charge in [-0.15, -0.1) is 0 Å². The Morgan fingerprint density at radius 2 is 1.79 bits per heavy atom. The molecular formula is C18H31N3O3. The van der Waals surface area contributed by atoms with E-state index in [4.69, 9.17) is 4.74 Å². The van der Waals surface area contributed by atoms with Crippen molar-refractivity contribution in [3.63, 3.8) is 0 Å². The number of likely N-dealkylation sites (tertiary alicyclic amines) is 1. The molecule has 3 fully saturated rings. The zero-order chi connectivity index (χ0) is 17.2. The van der Waals surface area contributed by atoms with Gasteiger partial charge in [-0.1, -0.05) is 19.3 Å². The molecule has 3 amide bonds. The van der Waals surface area contributed by atoms with Gasteiger partial charge < -0.3 is 19.9 Å². The number of hydrogen-bond acceptors (Lipinski definition) is 3. The number of ether oxygens (including phenoxy) is 1. The summed E-state index contributed by atoms with van der Waals surface area (Å²) < 4.78 is 5.70. The molecule has 0 unspecified atom stereocenters. The Hall–Kier alpha value is -1.30. The summed E-state index contributed by atoms with van der Waals surface area (Å²) in [6.45, 7) is 6.49. The summed E-state index contributed by atoms with van der Waals surface area (Å²) in [6, 6.07) is -0.0716. The lowest BCUT2D eigenvalue weighted by Crippen LogP contribution is -2.57. The Bertz CT molecular complexity index is 474. The molecule has 2 aliphatic heterocycles. The van der Waals surface area contributed by atoms with Crippen LogP contribution in [0.5, 0.6) is 0 Å². The maximum Gasteiger partial charge on any atom is 0.318 e. The van der Waals surface area contributed by atoms with Gasteiger partial charge in [-0.3, -0.25) is 4.79 Å². The highest BCUT2D eigenvalue weighted by Gasteiger charge is 2.39. The van der Waals surface area contributed by atoms with Gasteiger partial charge in [-0.25, -0.2) is 4.79 Å². The second-order valence-corrected chi connectivity index (χ2v) is 8.00. The molecule has 0 spiro atoms.